The number of aromatic nitrogens is 2. The van der Waals surface area contributed by atoms with E-state index in [1.165, 1.54) is 24.3 Å². The number of nitrogens with two attached hydrogens (primary N) is 1. The van der Waals surface area contributed by atoms with Gasteiger partial charge in [-0.2, -0.15) is 5.10 Å². The zero-order valence-electron chi connectivity index (χ0n) is 8.11. The van der Waals surface area contributed by atoms with Gasteiger partial charge in [-0.05, 0) is 12.1 Å². The summed E-state index contributed by atoms with van der Waals surface area (Å²) >= 11 is 0. The number of carbonyl (C=O) groups is 1. The number of benzene rings is 1. The average molecular weight is 221 g/mol. The highest BCUT2D eigenvalue weighted by atomic mass is 19.1. The molecule has 0 aliphatic carbocycles. The molecule has 82 valence electrons. The van der Waals surface area contributed by atoms with Crippen LogP contribution in [-0.4, -0.2) is 16.2 Å². The molecule has 2 rings (SSSR count). The molecule has 6 heteroatoms. The van der Waals surface area contributed by atoms with Gasteiger partial charge < -0.3 is 10.5 Å². The van der Waals surface area contributed by atoms with Gasteiger partial charge in [0, 0.05) is 6.07 Å². The first-order valence-electron chi connectivity index (χ1n) is 4.44. The molecule has 0 atom stereocenters. The molecular weight excluding hydrogens is 213 g/mol. The van der Waals surface area contributed by atoms with Crippen molar-refractivity contribution in [2.45, 2.75) is 0 Å². The van der Waals surface area contributed by atoms with Gasteiger partial charge in [-0.15, -0.1) is 0 Å². The van der Waals surface area contributed by atoms with Crippen LogP contribution in [0.4, 0.5) is 10.2 Å². The number of nitrogens with zero attached hydrogens (tertiary/aromatic N) is 1. The van der Waals surface area contributed by atoms with E-state index in [0.29, 0.717) is 0 Å². The summed E-state index contributed by atoms with van der Waals surface area (Å²) in [6, 6.07) is 6.92. The first kappa shape index (κ1) is 10.2. The highest BCUT2D eigenvalue weighted by Gasteiger charge is 2.13. The molecule has 0 saturated carbocycles. The number of hydrogen-bond acceptors (Lipinski definition) is 4. The van der Waals surface area contributed by atoms with Crippen LogP contribution in [0, 0.1) is 5.82 Å². The van der Waals surface area contributed by atoms with Gasteiger partial charge in [-0.3, -0.25) is 5.10 Å². The van der Waals surface area contributed by atoms with Crippen LogP contribution in [0.15, 0.2) is 30.3 Å². The molecule has 0 bridgehead atoms. The zero-order chi connectivity index (χ0) is 11.5. The molecule has 1 heterocycles. The van der Waals surface area contributed by atoms with E-state index >= 15 is 0 Å². The summed E-state index contributed by atoms with van der Waals surface area (Å²) in [6.45, 7) is 0. The molecule has 0 aliphatic rings. The SMILES string of the molecule is Nc1cc(C(=O)Oc2ccccc2F)[nH]n1. The van der Waals surface area contributed by atoms with Crippen LogP contribution in [0.3, 0.4) is 0 Å². The number of H-pyrrole nitrogens is 1. The molecule has 16 heavy (non-hydrogen) atoms. The van der Waals surface area contributed by atoms with Crippen molar-refractivity contribution in [3.8, 4) is 5.75 Å². The third-order valence-electron chi connectivity index (χ3n) is 1.86. The number of nitrogens with one attached hydrogen (secondary N) is 1. The number of carbonyl (C=O) groups excluding carboxylic acids is 1. The van der Waals surface area contributed by atoms with Gasteiger partial charge in [0.1, 0.15) is 11.5 Å². The first-order chi connectivity index (χ1) is 7.66. The van der Waals surface area contributed by atoms with E-state index in [2.05, 4.69) is 10.2 Å². The van der Waals surface area contributed by atoms with Crippen LogP contribution in [-0.2, 0) is 0 Å². The lowest BCUT2D eigenvalue weighted by Crippen LogP contribution is -2.09. The standard InChI is InChI=1S/C10H8FN3O2/c11-6-3-1-2-4-8(6)16-10(15)7-5-9(12)14-13-7/h1-5H,(H3,12,13,14). The van der Waals surface area contributed by atoms with E-state index in [1.54, 1.807) is 6.07 Å². The number of esters is 1. The van der Waals surface area contributed by atoms with Gasteiger partial charge in [-0.25, -0.2) is 9.18 Å². The smallest absolute Gasteiger partial charge is 0.361 e. The molecule has 0 spiro atoms. The van der Waals surface area contributed by atoms with Crippen molar-refractivity contribution in [1.82, 2.24) is 10.2 Å². The average Bonchev–Trinajstić information content (AvgIpc) is 2.68. The van der Waals surface area contributed by atoms with E-state index in [1.807, 2.05) is 0 Å². The van der Waals surface area contributed by atoms with Crippen molar-refractivity contribution in [2.75, 3.05) is 5.73 Å². The maximum Gasteiger partial charge on any atom is 0.361 e. The molecule has 0 amide bonds. The van der Waals surface area contributed by atoms with E-state index in [-0.39, 0.29) is 17.3 Å². The lowest BCUT2D eigenvalue weighted by atomic mass is 10.3. The largest absolute Gasteiger partial charge is 0.419 e. The molecular formula is C10H8FN3O2. The summed E-state index contributed by atoms with van der Waals surface area (Å²) in [5, 5.41) is 5.93. The zero-order valence-corrected chi connectivity index (χ0v) is 8.11. The fourth-order valence-corrected chi connectivity index (χ4v) is 1.12. The Morgan fingerprint density at radius 3 is 2.81 bits per heavy atom. The highest BCUT2D eigenvalue weighted by Crippen LogP contribution is 2.16. The van der Waals surface area contributed by atoms with Gasteiger partial charge in [0.2, 0.25) is 0 Å². The number of halogens is 1. The Morgan fingerprint density at radius 1 is 1.44 bits per heavy atom. The third-order valence-corrected chi connectivity index (χ3v) is 1.86. The summed E-state index contributed by atoms with van der Waals surface area (Å²) < 4.78 is 17.9. The van der Waals surface area contributed by atoms with Crippen molar-refractivity contribution in [2.24, 2.45) is 0 Å². The molecule has 1 aromatic heterocycles. The summed E-state index contributed by atoms with van der Waals surface area (Å²) in [5.74, 6) is -1.32. The topological polar surface area (TPSA) is 81.0 Å². The second-order valence-electron chi connectivity index (χ2n) is 3.03. The Labute approximate surface area is 90.0 Å². The van der Waals surface area contributed by atoms with Crippen LogP contribution in [0.2, 0.25) is 0 Å². The number of aromatic amines is 1. The van der Waals surface area contributed by atoms with Crippen molar-refractivity contribution in [3.05, 3.63) is 41.8 Å². The predicted octanol–water partition coefficient (Wildman–Crippen LogP) is 1.35. The van der Waals surface area contributed by atoms with E-state index in [9.17, 15) is 9.18 Å². The summed E-state index contributed by atoms with van der Waals surface area (Å²) in [7, 11) is 0. The van der Waals surface area contributed by atoms with Gasteiger partial charge >= 0.3 is 5.97 Å². The fraction of sp³-hybridized carbons (Fsp3) is 0. The fourth-order valence-electron chi connectivity index (χ4n) is 1.12. The molecule has 1 aromatic carbocycles. The molecule has 0 aliphatic heterocycles. The number of para-hydroxylation sites is 1. The lowest BCUT2D eigenvalue weighted by molar-refractivity contribution is 0.0721. The second kappa shape index (κ2) is 4.01. The number of hydrogen-bond donors (Lipinski definition) is 2. The van der Waals surface area contributed by atoms with Crippen LogP contribution < -0.4 is 10.5 Å². The molecule has 0 radical (unpaired) electrons. The minimum atomic E-state index is -0.741. The Hall–Kier alpha value is -2.37. The van der Waals surface area contributed by atoms with Gasteiger partial charge in [-0.1, -0.05) is 12.1 Å². The third kappa shape index (κ3) is 2.00. The number of anilines is 1. The van der Waals surface area contributed by atoms with Crippen LogP contribution in [0.1, 0.15) is 10.5 Å². The Morgan fingerprint density at radius 2 is 2.19 bits per heavy atom. The number of rotatable bonds is 2. The number of nitrogen functional groups attached to an aromatic ring is 1. The molecule has 0 unspecified atom stereocenters. The molecule has 2 aromatic rings. The minimum Gasteiger partial charge on any atom is -0.419 e. The van der Waals surface area contributed by atoms with E-state index in [0.717, 1.165) is 0 Å². The van der Waals surface area contributed by atoms with E-state index in [4.69, 9.17) is 10.5 Å². The van der Waals surface area contributed by atoms with Gasteiger partial charge in [0.25, 0.3) is 0 Å². The quantitative estimate of drug-likeness (QED) is 0.592. The van der Waals surface area contributed by atoms with Crippen molar-refractivity contribution < 1.29 is 13.9 Å². The maximum absolute atomic E-state index is 13.1. The van der Waals surface area contributed by atoms with Gasteiger partial charge in [0.05, 0.1) is 0 Å². The Kier molecular flexibility index (Phi) is 2.55. The van der Waals surface area contributed by atoms with Gasteiger partial charge in [0.15, 0.2) is 11.6 Å². The molecule has 0 saturated heterocycles. The van der Waals surface area contributed by atoms with Crippen LogP contribution in [0.5, 0.6) is 5.75 Å². The maximum atomic E-state index is 13.1. The monoisotopic (exact) mass is 221 g/mol. The molecule has 3 N–H and O–H groups in total. The van der Waals surface area contributed by atoms with Crippen LogP contribution in [0.25, 0.3) is 0 Å². The molecule has 5 nitrogen and oxygen atoms in total. The molecule has 0 fully saturated rings. The van der Waals surface area contributed by atoms with Crippen molar-refractivity contribution in [3.63, 3.8) is 0 Å². The lowest BCUT2D eigenvalue weighted by Gasteiger charge is -2.02. The van der Waals surface area contributed by atoms with Crippen molar-refractivity contribution >= 4 is 11.8 Å². The highest BCUT2D eigenvalue weighted by molar-refractivity contribution is 5.89. The first-order valence-corrected chi connectivity index (χ1v) is 4.44. The second-order valence-corrected chi connectivity index (χ2v) is 3.03. The Balaban J connectivity index is 2.17. The summed E-state index contributed by atoms with van der Waals surface area (Å²) in [5.41, 5.74) is 5.39. The number of ether oxygens (including phenoxy) is 1. The normalized spacial score (nSPS) is 10.1. The predicted molar refractivity (Wildman–Crippen MR) is 54.4 cm³/mol. The van der Waals surface area contributed by atoms with E-state index < -0.39 is 11.8 Å². The van der Waals surface area contributed by atoms with Crippen LogP contribution >= 0.6 is 0 Å². The summed E-state index contributed by atoms with van der Waals surface area (Å²) in [6.07, 6.45) is 0. The summed E-state index contributed by atoms with van der Waals surface area (Å²) in [4.78, 5) is 11.5. The Bertz CT molecular complexity index is 524. The van der Waals surface area contributed by atoms with Crippen molar-refractivity contribution in [1.29, 1.82) is 0 Å². The minimum absolute atomic E-state index is 0.0701.